The minimum atomic E-state index is -1.80. The van der Waals surface area contributed by atoms with E-state index in [2.05, 4.69) is 0 Å². The molecule has 3 rings (SSSR count). The number of hydrogen-bond acceptors (Lipinski definition) is 4. The molecule has 1 aliphatic heterocycles. The van der Waals surface area contributed by atoms with E-state index in [9.17, 15) is 23.5 Å². The van der Waals surface area contributed by atoms with Gasteiger partial charge in [-0.15, -0.1) is 0 Å². The monoisotopic (exact) mass is 377 g/mol. The Hall–Kier alpha value is -3.00. The van der Waals surface area contributed by atoms with Gasteiger partial charge in [-0.3, -0.25) is 4.79 Å². The maximum atomic E-state index is 13.6. The van der Waals surface area contributed by atoms with E-state index in [1.807, 2.05) is 0 Å². The minimum Gasteiger partial charge on any atom is -0.479 e. The minimum absolute atomic E-state index is 0.0425. The van der Waals surface area contributed by atoms with Gasteiger partial charge in [-0.2, -0.15) is 0 Å². The second-order valence-corrected chi connectivity index (χ2v) is 6.33. The number of halogens is 2. The summed E-state index contributed by atoms with van der Waals surface area (Å²) in [6.45, 7) is 0.251. The molecule has 1 fully saturated rings. The van der Waals surface area contributed by atoms with E-state index in [1.165, 1.54) is 35.2 Å². The smallest absolute Gasteiger partial charge is 0.335 e. The van der Waals surface area contributed by atoms with Crippen molar-refractivity contribution in [3.05, 3.63) is 59.7 Å². The van der Waals surface area contributed by atoms with Gasteiger partial charge in [0.1, 0.15) is 11.6 Å². The number of carbonyl (C=O) groups is 2. The molecule has 0 radical (unpaired) electrons. The Morgan fingerprint density at radius 3 is 2.22 bits per heavy atom. The van der Waals surface area contributed by atoms with E-state index in [1.54, 1.807) is 0 Å². The Balaban J connectivity index is 1.65. The molecule has 2 N–H and O–H groups in total. The molecule has 0 saturated carbocycles. The lowest BCUT2D eigenvalue weighted by atomic mass is 9.91. The van der Waals surface area contributed by atoms with Crippen molar-refractivity contribution in [2.24, 2.45) is 0 Å². The second-order valence-electron chi connectivity index (χ2n) is 6.33. The number of aliphatic hydroxyl groups is 1. The molecule has 0 aliphatic carbocycles. The second kappa shape index (κ2) is 7.32. The van der Waals surface area contributed by atoms with Gasteiger partial charge in [0, 0.05) is 37.6 Å². The number of ether oxygens (including phenoxy) is 1. The molecular weight excluding hydrogens is 360 g/mol. The molecule has 2 aromatic carbocycles. The molecule has 8 heteroatoms. The average Bonchev–Trinajstić information content (AvgIpc) is 2.64. The molecule has 6 nitrogen and oxygen atoms in total. The molecule has 1 aliphatic rings. The van der Waals surface area contributed by atoms with E-state index in [-0.39, 0.29) is 43.3 Å². The van der Waals surface area contributed by atoms with E-state index in [0.29, 0.717) is 11.6 Å². The number of rotatable bonds is 4. The molecule has 27 heavy (non-hydrogen) atoms. The number of carboxylic acids is 1. The maximum Gasteiger partial charge on any atom is 0.335 e. The number of piperidine rings is 1. The molecule has 0 bridgehead atoms. The van der Waals surface area contributed by atoms with Crippen LogP contribution in [0.4, 0.5) is 8.78 Å². The summed E-state index contributed by atoms with van der Waals surface area (Å²) in [5.74, 6) is -3.01. The summed E-state index contributed by atoms with van der Waals surface area (Å²) in [5.41, 5.74) is -1.45. The normalized spacial score (nSPS) is 16.0. The van der Waals surface area contributed by atoms with Crippen LogP contribution in [0.15, 0.2) is 42.5 Å². The standard InChI is InChI=1S/C19H17F2NO5/c20-13-3-6-16(15(21)11-13)27-14-4-1-12(2-5-14)17(23)22-9-7-19(26,8-10-22)18(24)25/h1-6,11,26H,7-10H2,(H,24,25). The summed E-state index contributed by atoms with van der Waals surface area (Å²) in [5, 5.41) is 18.9. The van der Waals surface area contributed by atoms with Crippen LogP contribution < -0.4 is 4.74 Å². The molecule has 2 aromatic rings. The van der Waals surface area contributed by atoms with Crippen LogP contribution in [0.5, 0.6) is 11.5 Å². The zero-order valence-electron chi connectivity index (χ0n) is 14.2. The van der Waals surface area contributed by atoms with Crippen molar-refractivity contribution in [1.29, 1.82) is 0 Å². The van der Waals surface area contributed by atoms with Gasteiger partial charge in [-0.25, -0.2) is 13.6 Å². The SMILES string of the molecule is O=C(c1ccc(Oc2ccc(F)cc2F)cc1)N1CCC(O)(C(=O)O)CC1. The van der Waals surface area contributed by atoms with Crippen LogP contribution in [0, 0.1) is 11.6 Å². The number of benzene rings is 2. The molecule has 0 spiro atoms. The fourth-order valence-electron chi connectivity index (χ4n) is 2.83. The number of nitrogens with zero attached hydrogens (tertiary/aromatic N) is 1. The molecular formula is C19H17F2NO5. The van der Waals surface area contributed by atoms with Gasteiger partial charge in [0.05, 0.1) is 0 Å². The quantitative estimate of drug-likeness (QED) is 0.856. The lowest BCUT2D eigenvalue weighted by Crippen LogP contribution is -2.50. The number of carbonyl (C=O) groups excluding carboxylic acids is 1. The number of likely N-dealkylation sites (tertiary alicyclic amines) is 1. The molecule has 142 valence electrons. The van der Waals surface area contributed by atoms with Crippen molar-refractivity contribution in [3.63, 3.8) is 0 Å². The maximum absolute atomic E-state index is 13.6. The largest absolute Gasteiger partial charge is 0.479 e. The first-order valence-electron chi connectivity index (χ1n) is 8.26. The van der Waals surface area contributed by atoms with Crippen molar-refractivity contribution in [1.82, 2.24) is 4.90 Å². The van der Waals surface area contributed by atoms with Crippen LogP contribution in [0.1, 0.15) is 23.2 Å². The van der Waals surface area contributed by atoms with Crippen molar-refractivity contribution >= 4 is 11.9 Å². The molecule has 0 aromatic heterocycles. The predicted molar refractivity (Wildman–Crippen MR) is 90.6 cm³/mol. The van der Waals surface area contributed by atoms with Gasteiger partial charge in [0.15, 0.2) is 17.2 Å². The van der Waals surface area contributed by atoms with E-state index in [0.717, 1.165) is 6.07 Å². The van der Waals surface area contributed by atoms with Crippen molar-refractivity contribution < 1.29 is 33.3 Å². The highest BCUT2D eigenvalue weighted by atomic mass is 19.1. The van der Waals surface area contributed by atoms with Gasteiger partial charge < -0.3 is 19.8 Å². The Labute approximate surface area is 153 Å². The lowest BCUT2D eigenvalue weighted by molar-refractivity contribution is -0.162. The first kappa shape index (κ1) is 18.8. The number of hydrogen-bond donors (Lipinski definition) is 2. The first-order chi connectivity index (χ1) is 12.8. The van der Waals surface area contributed by atoms with Gasteiger partial charge in [-0.1, -0.05) is 0 Å². The van der Waals surface area contributed by atoms with Crippen molar-refractivity contribution in [3.8, 4) is 11.5 Å². The van der Waals surface area contributed by atoms with E-state index >= 15 is 0 Å². The van der Waals surface area contributed by atoms with Crippen LogP contribution in [-0.2, 0) is 4.79 Å². The summed E-state index contributed by atoms with van der Waals surface area (Å²) in [6.07, 6.45) is -0.0851. The highest BCUT2D eigenvalue weighted by Crippen LogP contribution is 2.27. The molecule has 1 saturated heterocycles. The highest BCUT2D eigenvalue weighted by molar-refractivity contribution is 5.94. The molecule has 0 unspecified atom stereocenters. The summed E-state index contributed by atoms with van der Waals surface area (Å²) in [6, 6.07) is 8.91. The third kappa shape index (κ3) is 4.06. The Bertz CT molecular complexity index is 861. The highest BCUT2D eigenvalue weighted by Gasteiger charge is 2.40. The zero-order chi connectivity index (χ0) is 19.6. The van der Waals surface area contributed by atoms with E-state index < -0.39 is 23.2 Å². The predicted octanol–water partition coefficient (Wildman–Crippen LogP) is 2.81. The van der Waals surface area contributed by atoms with Crippen LogP contribution in [0.2, 0.25) is 0 Å². The van der Waals surface area contributed by atoms with Crippen LogP contribution in [0.3, 0.4) is 0 Å². The van der Waals surface area contributed by atoms with Crippen molar-refractivity contribution in [2.45, 2.75) is 18.4 Å². The van der Waals surface area contributed by atoms with E-state index in [4.69, 9.17) is 9.84 Å². The summed E-state index contributed by atoms with van der Waals surface area (Å²) in [7, 11) is 0. The Kier molecular flexibility index (Phi) is 5.09. The third-order valence-electron chi connectivity index (χ3n) is 4.50. The fraction of sp³-hybridized carbons (Fsp3) is 0.263. The third-order valence-corrected chi connectivity index (χ3v) is 4.50. The van der Waals surface area contributed by atoms with Gasteiger partial charge >= 0.3 is 5.97 Å². The number of amides is 1. The summed E-state index contributed by atoms with van der Waals surface area (Å²) < 4.78 is 31.9. The topological polar surface area (TPSA) is 87.1 Å². The van der Waals surface area contributed by atoms with Crippen LogP contribution >= 0.6 is 0 Å². The lowest BCUT2D eigenvalue weighted by Gasteiger charge is -2.35. The Morgan fingerprint density at radius 2 is 1.67 bits per heavy atom. The summed E-state index contributed by atoms with van der Waals surface area (Å²) >= 11 is 0. The van der Waals surface area contributed by atoms with Crippen molar-refractivity contribution in [2.75, 3.05) is 13.1 Å². The van der Waals surface area contributed by atoms with Gasteiger partial charge in [0.25, 0.3) is 5.91 Å². The molecule has 1 heterocycles. The zero-order valence-corrected chi connectivity index (χ0v) is 14.2. The average molecular weight is 377 g/mol. The number of aliphatic carboxylic acids is 1. The molecule has 0 atom stereocenters. The number of carboxylic acid groups (broad SMARTS) is 1. The Morgan fingerprint density at radius 1 is 1.04 bits per heavy atom. The van der Waals surface area contributed by atoms with Gasteiger partial charge in [-0.05, 0) is 36.4 Å². The first-order valence-corrected chi connectivity index (χ1v) is 8.26. The van der Waals surface area contributed by atoms with Crippen LogP contribution in [-0.4, -0.2) is 45.7 Å². The van der Waals surface area contributed by atoms with Gasteiger partial charge in [0.2, 0.25) is 0 Å². The van der Waals surface area contributed by atoms with Crippen LogP contribution in [0.25, 0.3) is 0 Å². The summed E-state index contributed by atoms with van der Waals surface area (Å²) in [4.78, 5) is 25.0. The molecule has 1 amide bonds. The fourth-order valence-corrected chi connectivity index (χ4v) is 2.83.